The van der Waals surface area contributed by atoms with Gasteiger partial charge in [0.05, 0.1) is 18.2 Å². The van der Waals surface area contributed by atoms with Crippen molar-refractivity contribution >= 4 is 17.4 Å². The lowest BCUT2D eigenvalue weighted by atomic mass is 9.94. The van der Waals surface area contributed by atoms with Crippen LogP contribution >= 0.6 is 0 Å². The Morgan fingerprint density at radius 3 is 2.63 bits per heavy atom. The van der Waals surface area contributed by atoms with E-state index in [4.69, 9.17) is 9.47 Å². The Morgan fingerprint density at radius 1 is 1.11 bits per heavy atom. The van der Waals surface area contributed by atoms with Gasteiger partial charge in [-0.15, -0.1) is 0 Å². The first-order valence-electron chi connectivity index (χ1n) is 13.9. The van der Waals surface area contributed by atoms with Gasteiger partial charge in [-0.05, 0) is 67.9 Å². The van der Waals surface area contributed by atoms with Crippen LogP contribution in [0.3, 0.4) is 0 Å². The predicted octanol–water partition coefficient (Wildman–Crippen LogP) is 5.34. The van der Waals surface area contributed by atoms with Gasteiger partial charge in [-0.25, -0.2) is 0 Å². The van der Waals surface area contributed by atoms with Gasteiger partial charge in [-0.2, -0.15) is 0 Å². The molecule has 38 heavy (non-hydrogen) atoms. The first kappa shape index (κ1) is 27.7. The zero-order valence-corrected chi connectivity index (χ0v) is 23.0. The predicted molar refractivity (Wildman–Crippen MR) is 148 cm³/mol. The van der Waals surface area contributed by atoms with Gasteiger partial charge in [0.2, 0.25) is 0 Å². The maximum atomic E-state index is 13.4. The van der Waals surface area contributed by atoms with Crippen LogP contribution < -0.4 is 9.47 Å². The largest absolute Gasteiger partial charge is 0.507 e. The molecule has 7 heteroatoms. The number of fused-ring (bicyclic) bond motifs is 1. The summed E-state index contributed by atoms with van der Waals surface area (Å²) in [5.41, 5.74) is 2.36. The van der Waals surface area contributed by atoms with Crippen molar-refractivity contribution in [3.05, 3.63) is 64.7 Å². The molecule has 1 amide bonds. The number of aliphatic hydroxyl groups is 1. The van der Waals surface area contributed by atoms with E-state index in [1.54, 1.807) is 11.0 Å². The molecule has 2 heterocycles. The third kappa shape index (κ3) is 5.88. The first-order chi connectivity index (χ1) is 18.4. The van der Waals surface area contributed by atoms with Crippen molar-refractivity contribution in [2.75, 3.05) is 32.8 Å². The molecule has 204 valence electrons. The van der Waals surface area contributed by atoms with Crippen molar-refractivity contribution in [2.45, 2.75) is 65.5 Å². The van der Waals surface area contributed by atoms with Crippen LogP contribution in [-0.2, 0) is 16.0 Å². The normalized spacial score (nSPS) is 20.2. The summed E-state index contributed by atoms with van der Waals surface area (Å²) in [4.78, 5) is 30.6. The van der Waals surface area contributed by atoms with Crippen LogP contribution in [-0.4, -0.2) is 65.5 Å². The molecule has 7 nitrogen and oxygen atoms in total. The topological polar surface area (TPSA) is 79.3 Å². The molecule has 1 N–H and O–H groups in total. The molecule has 2 aliphatic rings. The number of Topliss-reactive ketones (excluding diaryl/α,β-unsaturated/α-hetero) is 1. The van der Waals surface area contributed by atoms with E-state index in [2.05, 4.69) is 25.7 Å². The number of nitrogens with zero attached hydrogens (tertiary/aromatic N) is 2. The molecule has 0 aliphatic carbocycles. The number of likely N-dealkylation sites (N-methyl/N-ethyl adjacent to an activating group) is 1. The Labute approximate surface area is 226 Å². The van der Waals surface area contributed by atoms with Gasteiger partial charge >= 0.3 is 0 Å². The number of unbranched alkanes of at least 4 members (excludes halogenated alkanes) is 2. The van der Waals surface area contributed by atoms with Crippen LogP contribution in [0.1, 0.15) is 69.7 Å². The van der Waals surface area contributed by atoms with Crippen molar-refractivity contribution in [2.24, 2.45) is 0 Å². The van der Waals surface area contributed by atoms with Gasteiger partial charge in [0.15, 0.2) is 0 Å². The first-order valence-corrected chi connectivity index (χ1v) is 13.9. The van der Waals surface area contributed by atoms with E-state index >= 15 is 0 Å². The number of carbonyl (C=O) groups is 2. The summed E-state index contributed by atoms with van der Waals surface area (Å²) >= 11 is 0. The molecule has 2 atom stereocenters. The van der Waals surface area contributed by atoms with E-state index < -0.39 is 17.7 Å². The summed E-state index contributed by atoms with van der Waals surface area (Å²) in [7, 11) is 0. The lowest BCUT2D eigenvalue weighted by Gasteiger charge is -2.28. The average molecular weight is 521 g/mol. The van der Waals surface area contributed by atoms with E-state index in [0.29, 0.717) is 31.0 Å². The quantitative estimate of drug-likeness (QED) is 0.176. The van der Waals surface area contributed by atoms with Crippen LogP contribution in [0.5, 0.6) is 11.5 Å². The highest BCUT2D eigenvalue weighted by molar-refractivity contribution is 6.46. The molecular formula is C31H40N2O5. The second-order valence-electron chi connectivity index (χ2n) is 10.1. The summed E-state index contributed by atoms with van der Waals surface area (Å²) < 4.78 is 11.8. The number of ether oxygens (including phenoxy) is 2. The number of rotatable bonds is 12. The number of hydrogen-bond donors (Lipinski definition) is 1. The highest BCUT2D eigenvalue weighted by Crippen LogP contribution is 2.41. The van der Waals surface area contributed by atoms with Crippen LogP contribution in [0.2, 0.25) is 0 Å². The monoisotopic (exact) mass is 520 g/mol. The highest BCUT2D eigenvalue weighted by Gasteiger charge is 2.46. The maximum absolute atomic E-state index is 13.4. The molecule has 0 aromatic heterocycles. The van der Waals surface area contributed by atoms with Gasteiger partial charge in [-0.1, -0.05) is 45.7 Å². The van der Waals surface area contributed by atoms with E-state index in [1.165, 1.54) is 0 Å². The molecular weight excluding hydrogens is 480 g/mol. The number of carbonyl (C=O) groups excluding carboxylic acids is 2. The molecule has 0 radical (unpaired) electrons. The Hall–Kier alpha value is -3.32. The fraction of sp³-hybridized carbons (Fsp3) is 0.484. The van der Waals surface area contributed by atoms with Crippen molar-refractivity contribution < 1.29 is 24.2 Å². The fourth-order valence-electron chi connectivity index (χ4n) is 5.29. The molecule has 0 saturated carbocycles. The summed E-state index contributed by atoms with van der Waals surface area (Å²) in [5.74, 6) is 0.0765. The number of amides is 1. The molecule has 1 saturated heterocycles. The van der Waals surface area contributed by atoms with Crippen LogP contribution in [0, 0.1) is 0 Å². The Bertz CT molecular complexity index is 1190. The van der Waals surface area contributed by atoms with Crippen molar-refractivity contribution in [1.29, 1.82) is 0 Å². The standard InChI is InChI=1S/C31H40N2O5/c1-5-8-9-17-37-25-12-10-11-22(20-25)28-27(30(35)31(36)33(28)16-15-32(6-2)7-3)29(34)23-13-14-26-24(19-23)18-21(4)38-26/h10-14,19-21,28,34H,5-9,15-18H2,1-4H3/t21-,28-/m0/s1. The third-order valence-corrected chi connectivity index (χ3v) is 7.45. The van der Waals surface area contributed by atoms with E-state index in [9.17, 15) is 14.7 Å². The Balaban J connectivity index is 1.73. The van der Waals surface area contributed by atoms with Crippen LogP contribution in [0.4, 0.5) is 0 Å². The number of aliphatic hydroxyl groups excluding tert-OH is 1. The minimum atomic E-state index is -0.701. The lowest BCUT2D eigenvalue weighted by Crippen LogP contribution is -2.38. The SMILES string of the molecule is CCCCCOc1cccc([C@H]2C(=C(O)c3ccc4c(c3)C[C@H](C)O4)C(=O)C(=O)N2CCN(CC)CC)c1. The Morgan fingerprint density at radius 2 is 1.89 bits per heavy atom. The summed E-state index contributed by atoms with van der Waals surface area (Å²) in [5, 5.41) is 11.5. The van der Waals surface area contributed by atoms with Gasteiger partial charge < -0.3 is 24.4 Å². The van der Waals surface area contributed by atoms with Gasteiger partial charge in [0.25, 0.3) is 11.7 Å². The maximum Gasteiger partial charge on any atom is 0.295 e. The van der Waals surface area contributed by atoms with Gasteiger partial charge in [0.1, 0.15) is 23.4 Å². The molecule has 2 aromatic carbocycles. The van der Waals surface area contributed by atoms with Gasteiger partial charge in [0, 0.05) is 25.1 Å². The number of ketones is 1. The molecule has 1 fully saturated rings. The molecule has 2 aromatic rings. The van der Waals surface area contributed by atoms with Crippen molar-refractivity contribution in [3.8, 4) is 11.5 Å². The highest BCUT2D eigenvalue weighted by atomic mass is 16.5. The molecule has 2 aliphatic heterocycles. The van der Waals surface area contributed by atoms with E-state index in [0.717, 1.165) is 55.6 Å². The average Bonchev–Trinajstić information content (AvgIpc) is 3.42. The second-order valence-corrected chi connectivity index (χ2v) is 10.1. The van der Waals surface area contributed by atoms with E-state index in [1.807, 2.05) is 43.3 Å². The minimum Gasteiger partial charge on any atom is -0.507 e. The fourth-order valence-corrected chi connectivity index (χ4v) is 5.29. The van der Waals surface area contributed by atoms with Crippen molar-refractivity contribution in [3.63, 3.8) is 0 Å². The molecule has 4 rings (SSSR count). The minimum absolute atomic E-state index is 0.0631. The number of likely N-dealkylation sites (tertiary alicyclic amines) is 1. The smallest absolute Gasteiger partial charge is 0.295 e. The summed E-state index contributed by atoms with van der Waals surface area (Å²) in [6, 6.07) is 12.3. The summed E-state index contributed by atoms with van der Waals surface area (Å²) in [6.45, 7) is 11.6. The molecule has 0 bridgehead atoms. The second kappa shape index (κ2) is 12.5. The molecule has 0 spiro atoms. The van der Waals surface area contributed by atoms with Crippen LogP contribution in [0.25, 0.3) is 5.76 Å². The molecule has 0 unspecified atom stereocenters. The lowest BCUT2D eigenvalue weighted by molar-refractivity contribution is -0.140. The number of benzene rings is 2. The summed E-state index contributed by atoms with van der Waals surface area (Å²) in [6.07, 6.45) is 3.96. The van der Waals surface area contributed by atoms with E-state index in [-0.39, 0.29) is 17.4 Å². The third-order valence-electron chi connectivity index (χ3n) is 7.45. The zero-order valence-electron chi connectivity index (χ0n) is 23.0. The Kier molecular flexibility index (Phi) is 9.10. The van der Waals surface area contributed by atoms with Crippen LogP contribution in [0.15, 0.2) is 48.0 Å². The number of hydrogen-bond acceptors (Lipinski definition) is 6. The van der Waals surface area contributed by atoms with Gasteiger partial charge in [-0.3, -0.25) is 9.59 Å². The van der Waals surface area contributed by atoms with Crippen molar-refractivity contribution in [1.82, 2.24) is 9.80 Å². The zero-order chi connectivity index (χ0) is 27.2.